The molecule has 0 spiro atoms. The molecule has 2 aromatic rings. The standard InChI is InChI=1S/C14H15FN4O3/c15-10-3-1-2-4-11(10)19-12(13(14(20)21)17-18-19)7-9-8-16-5-6-22-9/h1-4,9,16H,5-8H2,(H,20,21). The fourth-order valence-electron chi connectivity index (χ4n) is 2.43. The van der Waals surface area contributed by atoms with Gasteiger partial charge in [-0.15, -0.1) is 5.10 Å². The first-order valence-corrected chi connectivity index (χ1v) is 6.92. The molecule has 1 aromatic heterocycles. The van der Waals surface area contributed by atoms with Crippen LogP contribution in [0.15, 0.2) is 24.3 Å². The number of hydrogen-bond donors (Lipinski definition) is 2. The van der Waals surface area contributed by atoms with E-state index in [0.29, 0.717) is 18.8 Å². The number of halogens is 1. The third-order valence-corrected chi connectivity index (χ3v) is 3.47. The summed E-state index contributed by atoms with van der Waals surface area (Å²) in [7, 11) is 0. The summed E-state index contributed by atoms with van der Waals surface area (Å²) in [4.78, 5) is 11.3. The van der Waals surface area contributed by atoms with Crippen LogP contribution in [-0.4, -0.2) is 51.9 Å². The fourth-order valence-corrected chi connectivity index (χ4v) is 2.43. The topological polar surface area (TPSA) is 89.3 Å². The van der Waals surface area contributed by atoms with Crippen LogP contribution in [0.1, 0.15) is 16.2 Å². The molecule has 8 heteroatoms. The van der Waals surface area contributed by atoms with Crippen molar-refractivity contribution >= 4 is 5.97 Å². The van der Waals surface area contributed by atoms with Gasteiger partial charge in [-0.2, -0.15) is 0 Å². The number of morpholine rings is 1. The smallest absolute Gasteiger partial charge is 0.358 e. The molecule has 2 N–H and O–H groups in total. The molecule has 1 aromatic carbocycles. The number of aromatic carboxylic acids is 1. The predicted molar refractivity (Wildman–Crippen MR) is 74.6 cm³/mol. The average Bonchev–Trinajstić information content (AvgIpc) is 2.92. The van der Waals surface area contributed by atoms with E-state index in [4.69, 9.17) is 4.74 Å². The van der Waals surface area contributed by atoms with Crippen molar-refractivity contribution in [3.8, 4) is 5.69 Å². The number of benzene rings is 1. The van der Waals surface area contributed by atoms with Crippen LogP contribution in [0.3, 0.4) is 0 Å². The van der Waals surface area contributed by atoms with E-state index in [1.54, 1.807) is 12.1 Å². The summed E-state index contributed by atoms with van der Waals surface area (Å²) in [6.07, 6.45) is 0.0894. The largest absolute Gasteiger partial charge is 0.476 e. The van der Waals surface area contributed by atoms with Crippen molar-refractivity contribution in [2.45, 2.75) is 12.5 Å². The summed E-state index contributed by atoms with van der Waals surface area (Å²) in [5.74, 6) is -1.69. The second kappa shape index (κ2) is 6.20. The number of nitrogens with zero attached hydrogens (tertiary/aromatic N) is 3. The molecule has 0 bridgehead atoms. The van der Waals surface area contributed by atoms with E-state index < -0.39 is 11.8 Å². The lowest BCUT2D eigenvalue weighted by molar-refractivity contribution is 0.0281. The van der Waals surface area contributed by atoms with Gasteiger partial charge in [0.15, 0.2) is 5.69 Å². The number of rotatable bonds is 4. The van der Waals surface area contributed by atoms with Crippen molar-refractivity contribution in [2.24, 2.45) is 0 Å². The molecule has 1 unspecified atom stereocenters. The van der Waals surface area contributed by atoms with Gasteiger partial charge in [0.05, 0.1) is 18.4 Å². The van der Waals surface area contributed by atoms with Gasteiger partial charge in [0.1, 0.15) is 11.5 Å². The zero-order chi connectivity index (χ0) is 15.5. The van der Waals surface area contributed by atoms with Gasteiger partial charge in [-0.1, -0.05) is 17.3 Å². The highest BCUT2D eigenvalue weighted by Crippen LogP contribution is 2.19. The van der Waals surface area contributed by atoms with Gasteiger partial charge in [0.25, 0.3) is 0 Å². The first-order chi connectivity index (χ1) is 10.7. The van der Waals surface area contributed by atoms with Crippen LogP contribution in [0.5, 0.6) is 0 Å². The van der Waals surface area contributed by atoms with Gasteiger partial charge in [-0.3, -0.25) is 0 Å². The van der Waals surface area contributed by atoms with Crippen molar-refractivity contribution < 1.29 is 19.0 Å². The van der Waals surface area contributed by atoms with Gasteiger partial charge >= 0.3 is 5.97 Å². The first-order valence-electron chi connectivity index (χ1n) is 6.92. The number of carboxylic acid groups (broad SMARTS) is 1. The highest BCUT2D eigenvalue weighted by Gasteiger charge is 2.25. The van der Waals surface area contributed by atoms with Crippen molar-refractivity contribution in [3.63, 3.8) is 0 Å². The van der Waals surface area contributed by atoms with Gasteiger partial charge < -0.3 is 15.2 Å². The molecule has 1 aliphatic rings. The molecule has 0 radical (unpaired) electrons. The van der Waals surface area contributed by atoms with E-state index in [1.165, 1.54) is 16.8 Å². The maximum absolute atomic E-state index is 14.0. The van der Waals surface area contributed by atoms with Crippen LogP contribution in [0.25, 0.3) is 5.69 Å². The molecule has 116 valence electrons. The lowest BCUT2D eigenvalue weighted by Crippen LogP contribution is -2.40. The number of para-hydroxylation sites is 1. The van der Waals surface area contributed by atoms with E-state index in [0.717, 1.165) is 6.54 Å². The summed E-state index contributed by atoms with van der Waals surface area (Å²) in [6.45, 7) is 1.91. The molecule has 0 saturated carbocycles. The van der Waals surface area contributed by atoms with E-state index in [9.17, 15) is 14.3 Å². The summed E-state index contributed by atoms with van der Waals surface area (Å²) < 4.78 is 20.8. The molecular formula is C14H15FN4O3. The highest BCUT2D eigenvalue weighted by atomic mass is 19.1. The molecule has 2 heterocycles. The predicted octanol–water partition coefficient (Wildman–Crippen LogP) is 0.635. The maximum Gasteiger partial charge on any atom is 0.358 e. The second-order valence-corrected chi connectivity index (χ2v) is 4.95. The number of hydrogen-bond acceptors (Lipinski definition) is 5. The molecule has 7 nitrogen and oxygen atoms in total. The van der Waals surface area contributed by atoms with Crippen molar-refractivity contribution in [3.05, 3.63) is 41.5 Å². The summed E-state index contributed by atoms with van der Waals surface area (Å²) in [6, 6.07) is 6.03. The lowest BCUT2D eigenvalue weighted by atomic mass is 10.1. The van der Waals surface area contributed by atoms with Crippen LogP contribution in [0.2, 0.25) is 0 Å². The van der Waals surface area contributed by atoms with Gasteiger partial charge in [0.2, 0.25) is 0 Å². The Morgan fingerprint density at radius 3 is 3.00 bits per heavy atom. The Labute approximate surface area is 125 Å². The summed E-state index contributed by atoms with van der Waals surface area (Å²) in [5, 5.41) is 19.9. The van der Waals surface area contributed by atoms with Crippen LogP contribution >= 0.6 is 0 Å². The Hall–Kier alpha value is -2.32. The van der Waals surface area contributed by atoms with Crippen molar-refractivity contribution in [1.82, 2.24) is 20.3 Å². The van der Waals surface area contributed by atoms with E-state index in [-0.39, 0.29) is 23.9 Å². The quantitative estimate of drug-likeness (QED) is 0.861. The molecule has 1 atom stereocenters. The molecular weight excluding hydrogens is 291 g/mol. The van der Waals surface area contributed by atoms with Crippen LogP contribution < -0.4 is 5.32 Å². The Morgan fingerprint density at radius 1 is 1.50 bits per heavy atom. The van der Waals surface area contributed by atoms with Crippen molar-refractivity contribution in [1.29, 1.82) is 0 Å². The minimum absolute atomic E-state index is 0.168. The Morgan fingerprint density at radius 2 is 2.32 bits per heavy atom. The minimum atomic E-state index is -1.19. The van der Waals surface area contributed by atoms with E-state index in [1.807, 2.05) is 0 Å². The highest BCUT2D eigenvalue weighted by molar-refractivity contribution is 5.86. The Balaban J connectivity index is 2.00. The molecule has 22 heavy (non-hydrogen) atoms. The fraction of sp³-hybridized carbons (Fsp3) is 0.357. The van der Waals surface area contributed by atoms with Gasteiger partial charge in [-0.05, 0) is 12.1 Å². The van der Waals surface area contributed by atoms with Crippen molar-refractivity contribution in [2.75, 3.05) is 19.7 Å². The third kappa shape index (κ3) is 2.83. The molecule has 1 aliphatic heterocycles. The SMILES string of the molecule is O=C(O)c1nnn(-c2ccccc2F)c1CC1CNCCO1. The van der Waals surface area contributed by atoms with Gasteiger partial charge in [0, 0.05) is 19.5 Å². The number of carboxylic acids is 1. The zero-order valence-corrected chi connectivity index (χ0v) is 11.7. The van der Waals surface area contributed by atoms with Crippen LogP contribution in [0.4, 0.5) is 4.39 Å². The Bertz CT molecular complexity index is 682. The average molecular weight is 306 g/mol. The summed E-state index contributed by atoms with van der Waals surface area (Å²) in [5.41, 5.74) is 0.310. The zero-order valence-electron chi connectivity index (χ0n) is 11.7. The molecule has 0 amide bonds. The van der Waals surface area contributed by atoms with E-state index in [2.05, 4.69) is 15.6 Å². The third-order valence-electron chi connectivity index (χ3n) is 3.47. The number of ether oxygens (including phenoxy) is 1. The molecule has 1 saturated heterocycles. The first kappa shape index (κ1) is 14.6. The lowest BCUT2D eigenvalue weighted by Gasteiger charge is -2.23. The van der Waals surface area contributed by atoms with Gasteiger partial charge in [-0.25, -0.2) is 13.9 Å². The van der Waals surface area contributed by atoms with Crippen LogP contribution in [-0.2, 0) is 11.2 Å². The van der Waals surface area contributed by atoms with E-state index >= 15 is 0 Å². The number of carbonyl (C=O) groups is 1. The molecule has 3 rings (SSSR count). The normalized spacial score (nSPS) is 18.3. The minimum Gasteiger partial charge on any atom is -0.476 e. The monoisotopic (exact) mass is 306 g/mol. The molecule has 1 fully saturated rings. The summed E-state index contributed by atoms with van der Waals surface area (Å²) >= 11 is 0. The number of aromatic nitrogens is 3. The molecule has 0 aliphatic carbocycles. The second-order valence-electron chi connectivity index (χ2n) is 4.95. The maximum atomic E-state index is 14.0. The Kier molecular flexibility index (Phi) is 4.12. The number of nitrogens with one attached hydrogen (secondary N) is 1. The van der Waals surface area contributed by atoms with Crippen LogP contribution in [0, 0.1) is 5.82 Å².